The molecule has 3 rings (SSSR count). The highest BCUT2D eigenvalue weighted by molar-refractivity contribution is 5.69. The van der Waals surface area contributed by atoms with Gasteiger partial charge in [-0.2, -0.15) is 0 Å². The first-order valence-corrected chi connectivity index (χ1v) is 7.17. The largest absolute Gasteiger partial charge is 0.360 e. The fourth-order valence-electron chi connectivity index (χ4n) is 3.35. The summed E-state index contributed by atoms with van der Waals surface area (Å²) in [6.45, 7) is 2.15. The van der Waals surface area contributed by atoms with Gasteiger partial charge in [0, 0.05) is 18.6 Å². The van der Waals surface area contributed by atoms with Gasteiger partial charge in [0.2, 0.25) is 11.6 Å². The molecule has 0 saturated carbocycles. The number of nitrogens with two attached hydrogens (primary N) is 1. The monoisotopic (exact) mass is 293 g/mol. The molecule has 2 aliphatic rings. The van der Waals surface area contributed by atoms with Crippen molar-refractivity contribution in [3.8, 4) is 0 Å². The summed E-state index contributed by atoms with van der Waals surface area (Å²) in [7, 11) is 0. The standard InChI is InChI=1S/C12H19N7O2/c13-17-12-10(19(20)21)11(14-7-15-12)16-8-4-6-18-5-2-1-3-9(8)18/h7-9H,1-6,13H2,(H2,14,15,16,17). The topological polar surface area (TPSA) is 122 Å². The zero-order chi connectivity index (χ0) is 14.8. The van der Waals surface area contributed by atoms with E-state index in [-0.39, 0.29) is 23.4 Å². The third-order valence-electron chi connectivity index (χ3n) is 4.32. The first kappa shape index (κ1) is 14.0. The average molecular weight is 293 g/mol. The second-order valence-corrected chi connectivity index (χ2v) is 5.46. The molecule has 2 aliphatic heterocycles. The third kappa shape index (κ3) is 2.61. The number of rotatable bonds is 4. The molecule has 0 spiro atoms. The summed E-state index contributed by atoms with van der Waals surface area (Å²) in [5.74, 6) is 5.55. The third-order valence-corrected chi connectivity index (χ3v) is 4.32. The maximum absolute atomic E-state index is 11.2. The Labute approximate surface area is 122 Å². The lowest BCUT2D eigenvalue weighted by Gasteiger charge is -2.32. The molecule has 2 saturated heterocycles. The molecule has 9 nitrogen and oxygen atoms in total. The van der Waals surface area contributed by atoms with Gasteiger partial charge in [-0.25, -0.2) is 15.8 Å². The second kappa shape index (κ2) is 5.78. The van der Waals surface area contributed by atoms with Crippen molar-refractivity contribution in [2.24, 2.45) is 5.84 Å². The molecule has 2 unspecified atom stereocenters. The van der Waals surface area contributed by atoms with E-state index in [1.165, 1.54) is 19.2 Å². The zero-order valence-corrected chi connectivity index (χ0v) is 11.7. The summed E-state index contributed by atoms with van der Waals surface area (Å²) in [5.41, 5.74) is 2.06. The summed E-state index contributed by atoms with van der Waals surface area (Å²) in [6, 6.07) is 0.618. The van der Waals surface area contributed by atoms with Gasteiger partial charge in [0.15, 0.2) is 0 Å². The number of fused-ring (bicyclic) bond motifs is 1. The minimum atomic E-state index is -0.509. The van der Waals surface area contributed by atoms with E-state index >= 15 is 0 Å². The second-order valence-electron chi connectivity index (χ2n) is 5.46. The zero-order valence-electron chi connectivity index (χ0n) is 11.7. The molecule has 4 N–H and O–H groups in total. The van der Waals surface area contributed by atoms with Crippen molar-refractivity contribution in [3.63, 3.8) is 0 Å². The van der Waals surface area contributed by atoms with Crippen LogP contribution in [0.1, 0.15) is 25.7 Å². The number of hydrazine groups is 1. The number of hydrogen-bond donors (Lipinski definition) is 3. The van der Waals surface area contributed by atoms with Crippen molar-refractivity contribution >= 4 is 17.3 Å². The molecule has 114 valence electrons. The summed E-state index contributed by atoms with van der Waals surface area (Å²) < 4.78 is 0. The number of piperidine rings is 1. The number of anilines is 2. The van der Waals surface area contributed by atoms with Gasteiger partial charge in [-0.1, -0.05) is 6.42 Å². The number of aromatic nitrogens is 2. The molecular weight excluding hydrogens is 274 g/mol. The molecule has 9 heteroatoms. The first-order chi connectivity index (χ1) is 10.2. The van der Waals surface area contributed by atoms with Crippen molar-refractivity contribution < 1.29 is 4.92 Å². The Morgan fingerprint density at radius 1 is 1.29 bits per heavy atom. The molecule has 0 aromatic carbocycles. The lowest BCUT2D eigenvalue weighted by Crippen LogP contribution is -2.42. The van der Waals surface area contributed by atoms with Crippen LogP contribution in [0.2, 0.25) is 0 Å². The van der Waals surface area contributed by atoms with Gasteiger partial charge in [0.1, 0.15) is 6.33 Å². The smallest absolute Gasteiger partial charge is 0.354 e. The highest BCUT2D eigenvalue weighted by Gasteiger charge is 2.37. The number of nitro groups is 1. The van der Waals surface area contributed by atoms with Gasteiger partial charge in [0.05, 0.1) is 4.92 Å². The molecule has 0 aliphatic carbocycles. The van der Waals surface area contributed by atoms with E-state index in [4.69, 9.17) is 5.84 Å². The van der Waals surface area contributed by atoms with Crippen LogP contribution in [0.5, 0.6) is 0 Å². The molecule has 21 heavy (non-hydrogen) atoms. The molecule has 1 aromatic heterocycles. The van der Waals surface area contributed by atoms with E-state index in [9.17, 15) is 10.1 Å². The van der Waals surface area contributed by atoms with Gasteiger partial charge in [-0.15, -0.1) is 0 Å². The van der Waals surface area contributed by atoms with Crippen molar-refractivity contribution in [2.75, 3.05) is 23.8 Å². The van der Waals surface area contributed by atoms with Crippen LogP contribution in [-0.2, 0) is 0 Å². The predicted octanol–water partition coefficient (Wildman–Crippen LogP) is 0.709. The summed E-state index contributed by atoms with van der Waals surface area (Å²) >= 11 is 0. The predicted molar refractivity (Wildman–Crippen MR) is 77.7 cm³/mol. The Morgan fingerprint density at radius 2 is 2.10 bits per heavy atom. The van der Waals surface area contributed by atoms with E-state index in [2.05, 4.69) is 25.6 Å². The summed E-state index contributed by atoms with van der Waals surface area (Å²) in [5, 5.41) is 14.5. The summed E-state index contributed by atoms with van der Waals surface area (Å²) in [6.07, 6.45) is 5.81. The molecule has 2 fully saturated rings. The molecule has 3 heterocycles. The maximum Gasteiger partial charge on any atom is 0.354 e. The Hall–Kier alpha value is -2.00. The molecule has 0 bridgehead atoms. The van der Waals surface area contributed by atoms with E-state index in [0.29, 0.717) is 6.04 Å². The Balaban J connectivity index is 1.83. The van der Waals surface area contributed by atoms with Crippen LogP contribution in [-0.4, -0.2) is 45.0 Å². The van der Waals surface area contributed by atoms with Crippen LogP contribution in [0.25, 0.3) is 0 Å². The van der Waals surface area contributed by atoms with Crippen LogP contribution in [0.3, 0.4) is 0 Å². The fourth-order valence-corrected chi connectivity index (χ4v) is 3.35. The van der Waals surface area contributed by atoms with Gasteiger partial charge >= 0.3 is 5.69 Å². The highest BCUT2D eigenvalue weighted by atomic mass is 16.6. The van der Waals surface area contributed by atoms with Crippen molar-refractivity contribution in [2.45, 2.75) is 37.8 Å². The average Bonchev–Trinajstić information content (AvgIpc) is 2.90. The van der Waals surface area contributed by atoms with Gasteiger partial charge in [-0.05, 0) is 25.8 Å². The number of hydrogen-bond acceptors (Lipinski definition) is 8. The normalized spacial score (nSPS) is 25.4. The van der Waals surface area contributed by atoms with E-state index in [0.717, 1.165) is 25.9 Å². The lowest BCUT2D eigenvalue weighted by molar-refractivity contribution is -0.383. The molecule has 0 amide bonds. The van der Waals surface area contributed by atoms with E-state index in [1.54, 1.807) is 0 Å². The Kier molecular flexibility index (Phi) is 3.84. The quantitative estimate of drug-likeness (QED) is 0.421. The van der Waals surface area contributed by atoms with Crippen molar-refractivity contribution in [1.29, 1.82) is 0 Å². The molecular formula is C12H19N7O2. The Morgan fingerprint density at radius 3 is 2.86 bits per heavy atom. The minimum absolute atomic E-state index is 0.0241. The minimum Gasteiger partial charge on any atom is -0.360 e. The SMILES string of the molecule is NNc1ncnc(NC2CCN3CCCCC23)c1[N+](=O)[O-]. The van der Waals surface area contributed by atoms with Crippen LogP contribution >= 0.6 is 0 Å². The number of nitrogen functional groups attached to an aromatic ring is 1. The van der Waals surface area contributed by atoms with Crippen LogP contribution in [0.15, 0.2) is 6.33 Å². The van der Waals surface area contributed by atoms with Gasteiger partial charge in [0.25, 0.3) is 0 Å². The molecule has 0 radical (unpaired) electrons. The lowest BCUT2D eigenvalue weighted by atomic mass is 9.99. The number of nitrogens with one attached hydrogen (secondary N) is 2. The van der Waals surface area contributed by atoms with Crippen LogP contribution in [0, 0.1) is 10.1 Å². The maximum atomic E-state index is 11.2. The van der Waals surface area contributed by atoms with Crippen LogP contribution < -0.4 is 16.6 Å². The van der Waals surface area contributed by atoms with Crippen molar-refractivity contribution in [1.82, 2.24) is 14.9 Å². The van der Waals surface area contributed by atoms with Gasteiger partial charge in [-0.3, -0.25) is 15.0 Å². The number of nitrogens with zero attached hydrogens (tertiary/aromatic N) is 4. The molecule has 2 atom stereocenters. The highest BCUT2D eigenvalue weighted by Crippen LogP contribution is 2.33. The van der Waals surface area contributed by atoms with Gasteiger partial charge < -0.3 is 10.7 Å². The van der Waals surface area contributed by atoms with E-state index < -0.39 is 4.92 Å². The van der Waals surface area contributed by atoms with E-state index in [1.807, 2.05) is 0 Å². The fraction of sp³-hybridized carbons (Fsp3) is 0.667. The first-order valence-electron chi connectivity index (χ1n) is 7.17. The molecule has 1 aromatic rings. The summed E-state index contributed by atoms with van der Waals surface area (Å²) in [4.78, 5) is 21.0. The van der Waals surface area contributed by atoms with Crippen LogP contribution in [0.4, 0.5) is 17.3 Å². The van der Waals surface area contributed by atoms with Crippen molar-refractivity contribution in [3.05, 3.63) is 16.4 Å². The Bertz CT molecular complexity index is 538.